The molecule has 1 saturated carbocycles. The third-order valence-corrected chi connectivity index (χ3v) is 18.0. The van der Waals surface area contributed by atoms with Crippen LogP contribution in [0, 0.1) is 27.4 Å². The molecule has 2 N–H and O–H groups in total. The quantitative estimate of drug-likeness (QED) is 0.0703. The second-order valence-corrected chi connectivity index (χ2v) is 25.0. The lowest BCUT2D eigenvalue weighted by Crippen LogP contribution is -2.47. The SMILES string of the molecule is C[C@@H](CCN1CCS(=O)(=NC(=O)C2CC2)CC1)Cc1ccc(S(=O)(=O)NC(=O)c2ccc(N3CCN(CC4=C(c5ccc(Cl)cc5)CC(C)(C)CC4)CC3)cc2Oc2cnc3[nH]ccc3c2)cc1[N+](=O)[O-]. The van der Waals surface area contributed by atoms with Crippen LogP contribution < -0.4 is 14.4 Å². The fourth-order valence-electron chi connectivity index (χ4n) is 9.79. The molecule has 4 aliphatic rings. The van der Waals surface area contributed by atoms with E-state index in [4.69, 9.17) is 16.3 Å². The molecular weight excluding hydrogens is 964 g/mol. The van der Waals surface area contributed by atoms with Crippen molar-refractivity contribution >= 4 is 71.1 Å². The van der Waals surface area contributed by atoms with Crippen LogP contribution >= 0.6 is 11.6 Å². The van der Waals surface area contributed by atoms with Gasteiger partial charge in [0.05, 0.1) is 31.3 Å². The molecule has 9 rings (SSSR count). The van der Waals surface area contributed by atoms with Crippen molar-refractivity contribution in [3.8, 4) is 11.5 Å². The van der Waals surface area contributed by atoms with Crippen molar-refractivity contribution in [1.82, 2.24) is 24.5 Å². The molecule has 2 amide bonds. The Morgan fingerprint density at radius 3 is 2.46 bits per heavy atom. The molecule has 0 bridgehead atoms. The van der Waals surface area contributed by atoms with Crippen LogP contribution in [-0.4, -0.2) is 113 Å². The standard InChI is InChI=1S/C52H61ClN8O8S2/c1-35(16-19-58-24-26-70(66,27-25-58)56-50(62)37-4-5-37)28-38-8-12-44(31-47(38)61(64)65)71(67,68)57-51(63)45-13-11-42(30-48(45)69-43-29-39-15-18-54-49(39)55-33-43)60-22-20-59(21-23-60)34-40-14-17-52(2,3)32-46(40)36-6-9-41(53)10-7-36/h6-13,15,18,29-31,33,35,37H,4-5,14,16-17,19-28,32,34H2,1-3H3,(H,54,55)(H,57,63)/t35-/m0/s1. The number of H-pyrrole nitrogens is 1. The minimum atomic E-state index is -4.60. The maximum atomic E-state index is 14.1. The van der Waals surface area contributed by atoms with E-state index in [1.807, 2.05) is 25.1 Å². The van der Waals surface area contributed by atoms with E-state index in [2.05, 4.69) is 59.7 Å². The maximum absolute atomic E-state index is 14.1. The minimum absolute atomic E-state index is 0.0114. The summed E-state index contributed by atoms with van der Waals surface area (Å²) in [6, 6.07) is 20.5. The number of nitro benzene ring substituents is 1. The van der Waals surface area contributed by atoms with Crippen LogP contribution in [0.3, 0.4) is 0 Å². The summed E-state index contributed by atoms with van der Waals surface area (Å²) in [5.74, 6) is -0.146. The van der Waals surface area contributed by atoms with Gasteiger partial charge in [0, 0.05) is 103 Å². The highest BCUT2D eigenvalue weighted by Gasteiger charge is 2.33. The number of sulfonamides is 1. The summed E-state index contributed by atoms with van der Waals surface area (Å²) < 4.78 is 53.5. The minimum Gasteiger partial charge on any atom is -0.455 e. The van der Waals surface area contributed by atoms with Gasteiger partial charge in [-0.3, -0.25) is 24.6 Å². The van der Waals surface area contributed by atoms with Crippen molar-refractivity contribution in [2.24, 2.45) is 21.6 Å². The van der Waals surface area contributed by atoms with E-state index in [1.165, 1.54) is 41.1 Å². The number of amides is 2. The molecule has 2 aliphatic carbocycles. The molecule has 0 unspecified atom stereocenters. The predicted molar refractivity (Wildman–Crippen MR) is 277 cm³/mol. The second-order valence-electron chi connectivity index (χ2n) is 20.4. The van der Waals surface area contributed by atoms with Crippen LogP contribution in [0.15, 0.2) is 100 Å². The summed E-state index contributed by atoms with van der Waals surface area (Å²) in [5.41, 5.74) is 5.69. The number of carbonyl (C=O) groups excluding carboxylic acids is 2. The van der Waals surface area contributed by atoms with Gasteiger partial charge in [0.1, 0.15) is 17.1 Å². The van der Waals surface area contributed by atoms with Crippen LogP contribution in [0.4, 0.5) is 11.4 Å². The first kappa shape index (κ1) is 50.3. The molecule has 1 atom stereocenters. The second kappa shape index (κ2) is 20.8. The van der Waals surface area contributed by atoms with E-state index >= 15 is 0 Å². The molecule has 0 spiro atoms. The Balaban J connectivity index is 0.872. The highest BCUT2D eigenvalue weighted by atomic mass is 35.5. The van der Waals surface area contributed by atoms with Crippen LogP contribution in [0.5, 0.6) is 11.5 Å². The zero-order valence-electron chi connectivity index (χ0n) is 40.4. The first-order valence-electron chi connectivity index (χ1n) is 24.4. The van der Waals surface area contributed by atoms with Gasteiger partial charge in [-0.2, -0.15) is 4.36 Å². The first-order valence-corrected chi connectivity index (χ1v) is 28.1. The summed E-state index contributed by atoms with van der Waals surface area (Å²) in [5, 5.41) is 13.9. The molecule has 71 heavy (non-hydrogen) atoms. The zero-order chi connectivity index (χ0) is 50.1. The van der Waals surface area contributed by atoms with Gasteiger partial charge >= 0.3 is 0 Å². The van der Waals surface area contributed by atoms with Gasteiger partial charge in [-0.05, 0) is 116 Å². The third-order valence-electron chi connectivity index (χ3n) is 14.3. The Bertz CT molecular complexity index is 3100. The highest BCUT2D eigenvalue weighted by Crippen LogP contribution is 2.44. The molecule has 19 heteroatoms. The molecule has 4 heterocycles. The molecule has 2 saturated heterocycles. The summed E-state index contributed by atoms with van der Waals surface area (Å²) in [6.45, 7) is 12.3. The largest absolute Gasteiger partial charge is 0.455 e. The Labute approximate surface area is 420 Å². The number of aromatic amines is 1. The predicted octanol–water partition coefficient (Wildman–Crippen LogP) is 9.11. The number of piperazine rings is 1. The number of pyridine rings is 1. The van der Waals surface area contributed by atoms with Crippen molar-refractivity contribution in [1.29, 1.82) is 0 Å². The number of ether oxygens (including phenoxy) is 1. The fourth-order valence-corrected chi connectivity index (χ4v) is 12.9. The molecular formula is C52H61ClN8O8S2. The highest BCUT2D eigenvalue weighted by molar-refractivity contribution is 7.94. The molecule has 2 aromatic heterocycles. The number of hydrogen-bond donors (Lipinski definition) is 2. The number of nitro groups is 1. The summed E-state index contributed by atoms with van der Waals surface area (Å²) in [6.07, 6.45) is 9.08. The number of carbonyl (C=O) groups is 2. The number of anilines is 1. The van der Waals surface area contributed by atoms with Crippen LogP contribution in [0.1, 0.15) is 80.8 Å². The van der Waals surface area contributed by atoms with Crippen molar-refractivity contribution in [3.05, 3.63) is 123 Å². The maximum Gasteiger partial charge on any atom is 0.273 e. The van der Waals surface area contributed by atoms with E-state index < -0.39 is 35.5 Å². The van der Waals surface area contributed by atoms with Crippen molar-refractivity contribution in [2.75, 3.05) is 68.8 Å². The number of hydrogen-bond acceptors (Lipinski definition) is 12. The number of fused-ring (bicyclic) bond motifs is 1. The third kappa shape index (κ3) is 12.3. The molecule has 2 aliphatic heterocycles. The smallest absolute Gasteiger partial charge is 0.273 e. The van der Waals surface area contributed by atoms with E-state index in [9.17, 15) is 32.3 Å². The van der Waals surface area contributed by atoms with Crippen molar-refractivity contribution in [2.45, 2.75) is 70.6 Å². The van der Waals surface area contributed by atoms with Gasteiger partial charge in [0.2, 0.25) is 0 Å². The van der Waals surface area contributed by atoms with Gasteiger partial charge < -0.3 is 19.5 Å². The summed E-state index contributed by atoms with van der Waals surface area (Å²) in [7, 11) is -7.15. The van der Waals surface area contributed by atoms with E-state index in [1.54, 1.807) is 24.4 Å². The lowest BCUT2D eigenvalue weighted by molar-refractivity contribution is -0.385. The zero-order valence-corrected chi connectivity index (χ0v) is 42.8. The van der Waals surface area contributed by atoms with Crippen LogP contribution in [-0.2, 0) is 31.0 Å². The number of benzene rings is 3. The fraction of sp³-hybridized carbons (Fsp3) is 0.442. The number of halogens is 1. The van der Waals surface area contributed by atoms with Gasteiger partial charge in [0.15, 0.2) is 0 Å². The van der Waals surface area contributed by atoms with Crippen molar-refractivity contribution in [3.63, 3.8) is 0 Å². The van der Waals surface area contributed by atoms with E-state index in [0.717, 1.165) is 73.9 Å². The van der Waals surface area contributed by atoms with Crippen molar-refractivity contribution < 1.29 is 31.9 Å². The Morgan fingerprint density at radius 1 is 1.00 bits per heavy atom. The topological polar surface area (TPSA) is 201 Å². The molecule has 3 fully saturated rings. The normalized spacial score (nSPS) is 19.1. The number of aromatic nitrogens is 2. The Morgan fingerprint density at radius 2 is 1.75 bits per heavy atom. The molecule has 0 radical (unpaired) electrons. The van der Waals surface area contributed by atoms with Crippen LogP contribution in [0.25, 0.3) is 16.6 Å². The van der Waals surface area contributed by atoms with Gasteiger partial charge in [-0.1, -0.05) is 56.1 Å². The average molecular weight is 1030 g/mol. The van der Waals surface area contributed by atoms with E-state index in [0.29, 0.717) is 74.0 Å². The van der Waals surface area contributed by atoms with Gasteiger partial charge in [-0.25, -0.2) is 22.3 Å². The molecule has 3 aromatic carbocycles. The van der Waals surface area contributed by atoms with Crippen LogP contribution in [0.2, 0.25) is 5.02 Å². The number of nitrogens with one attached hydrogen (secondary N) is 2. The molecule has 16 nitrogen and oxygen atoms in total. The van der Waals surface area contributed by atoms with E-state index in [-0.39, 0.29) is 40.2 Å². The lowest BCUT2D eigenvalue weighted by atomic mass is 9.72. The Hall–Kier alpha value is -5.66. The Kier molecular flexibility index (Phi) is 14.7. The van der Waals surface area contributed by atoms with Gasteiger partial charge in [-0.15, -0.1) is 0 Å². The number of allylic oxidation sites excluding steroid dienone is 1. The summed E-state index contributed by atoms with van der Waals surface area (Å²) >= 11 is 6.26. The lowest BCUT2D eigenvalue weighted by Gasteiger charge is -2.39. The van der Waals surface area contributed by atoms with Gasteiger partial charge in [0.25, 0.3) is 27.5 Å². The number of rotatable bonds is 16. The number of nitrogens with zero attached hydrogens (tertiary/aromatic N) is 6. The monoisotopic (exact) mass is 1020 g/mol. The average Bonchev–Trinajstić information content (AvgIpc) is 4.09. The molecule has 376 valence electrons. The summed E-state index contributed by atoms with van der Waals surface area (Å²) in [4.78, 5) is 51.9. The molecule has 5 aromatic rings. The first-order chi connectivity index (χ1) is 33.9.